The number of rotatable bonds is 3. The van der Waals surface area contributed by atoms with Crippen molar-refractivity contribution >= 4 is 29.0 Å². The number of non-ortho nitro benzene ring substituents is 1. The molecule has 8 nitrogen and oxygen atoms in total. The highest BCUT2D eigenvalue weighted by atomic mass is 35.5. The number of ketones is 1. The minimum absolute atomic E-state index is 0.0226. The van der Waals surface area contributed by atoms with Crippen LogP contribution in [0.2, 0.25) is 5.02 Å². The van der Waals surface area contributed by atoms with Gasteiger partial charge in [0.05, 0.1) is 4.92 Å². The molecule has 1 N–H and O–H groups in total. The van der Waals surface area contributed by atoms with Gasteiger partial charge < -0.3 is 5.32 Å². The summed E-state index contributed by atoms with van der Waals surface area (Å²) in [7, 11) is 0. The van der Waals surface area contributed by atoms with Gasteiger partial charge in [-0.1, -0.05) is 23.7 Å². The number of nitro groups is 1. The smallest absolute Gasteiger partial charge is 0.269 e. The molecule has 0 amide bonds. The van der Waals surface area contributed by atoms with E-state index in [1.54, 1.807) is 28.9 Å². The van der Waals surface area contributed by atoms with Crippen LogP contribution >= 0.6 is 11.6 Å². The summed E-state index contributed by atoms with van der Waals surface area (Å²) in [6, 6.07) is 12.9. The van der Waals surface area contributed by atoms with Crippen molar-refractivity contribution in [3.63, 3.8) is 0 Å². The fourth-order valence-electron chi connectivity index (χ4n) is 3.99. The lowest BCUT2D eigenvalue weighted by atomic mass is 9.85. The molecule has 1 unspecified atom stereocenters. The monoisotopic (exact) mass is 421 g/mol. The summed E-state index contributed by atoms with van der Waals surface area (Å²) < 4.78 is 1.64. The quantitative estimate of drug-likeness (QED) is 0.492. The molecule has 30 heavy (non-hydrogen) atoms. The van der Waals surface area contributed by atoms with Gasteiger partial charge in [0.2, 0.25) is 5.95 Å². The van der Waals surface area contributed by atoms with Crippen molar-refractivity contribution < 1.29 is 9.72 Å². The average molecular weight is 422 g/mol. The summed E-state index contributed by atoms with van der Waals surface area (Å²) in [6.07, 6.45) is 1.92. The molecule has 2 heterocycles. The van der Waals surface area contributed by atoms with E-state index in [0.717, 1.165) is 24.1 Å². The Bertz CT molecular complexity index is 1220. The third kappa shape index (κ3) is 3.05. The number of benzene rings is 2. The maximum atomic E-state index is 12.8. The van der Waals surface area contributed by atoms with Crippen molar-refractivity contribution in [3.8, 4) is 11.4 Å². The third-order valence-corrected chi connectivity index (χ3v) is 5.62. The first kappa shape index (κ1) is 18.5. The predicted molar refractivity (Wildman–Crippen MR) is 111 cm³/mol. The number of carbonyl (C=O) groups excluding carboxylic acids is 1. The molecule has 2 aliphatic rings. The zero-order valence-corrected chi connectivity index (χ0v) is 16.5. The van der Waals surface area contributed by atoms with Crippen LogP contribution in [0.25, 0.3) is 11.4 Å². The predicted octanol–water partition coefficient (Wildman–Crippen LogP) is 4.53. The minimum Gasteiger partial charge on any atom is -0.328 e. The Labute approximate surface area is 176 Å². The third-order valence-electron chi connectivity index (χ3n) is 5.37. The van der Waals surface area contributed by atoms with Crippen molar-refractivity contribution in [2.45, 2.75) is 25.3 Å². The molecular formula is C21H16ClN5O3. The first-order valence-corrected chi connectivity index (χ1v) is 9.89. The van der Waals surface area contributed by atoms with Crippen LogP contribution in [-0.2, 0) is 4.79 Å². The molecule has 1 aliphatic carbocycles. The normalized spacial score (nSPS) is 17.9. The summed E-state index contributed by atoms with van der Waals surface area (Å²) in [5.74, 6) is 1.01. The molecule has 5 rings (SSSR count). The number of fused-ring (bicyclic) bond motifs is 1. The molecule has 9 heteroatoms. The van der Waals surface area contributed by atoms with Gasteiger partial charge in [-0.25, -0.2) is 4.68 Å². The number of allylic oxidation sites excluding steroid dienone is 2. The SMILES string of the molecule is O=C1CCCC2=C1C(c1cccc([N+](=O)[O-])c1)n1nc(-c3ccc(Cl)cc3)nc1N2. The summed E-state index contributed by atoms with van der Waals surface area (Å²) in [5.41, 5.74) is 2.79. The minimum atomic E-state index is -0.572. The van der Waals surface area contributed by atoms with Gasteiger partial charge in [-0.05, 0) is 42.7 Å². The van der Waals surface area contributed by atoms with Gasteiger partial charge in [0.1, 0.15) is 6.04 Å². The van der Waals surface area contributed by atoms with Gasteiger partial charge in [-0.2, -0.15) is 4.98 Å². The summed E-state index contributed by atoms with van der Waals surface area (Å²) in [5, 5.41) is 19.8. The Morgan fingerprint density at radius 2 is 1.97 bits per heavy atom. The highest BCUT2D eigenvalue weighted by Crippen LogP contribution is 2.41. The van der Waals surface area contributed by atoms with Crippen molar-refractivity contribution in [2.75, 3.05) is 5.32 Å². The van der Waals surface area contributed by atoms with E-state index in [0.29, 0.717) is 34.4 Å². The molecule has 0 radical (unpaired) electrons. The number of hydrogen-bond donors (Lipinski definition) is 1. The molecule has 0 bridgehead atoms. The Kier molecular flexibility index (Phi) is 4.36. The molecule has 1 atom stereocenters. The highest BCUT2D eigenvalue weighted by Gasteiger charge is 2.37. The molecule has 1 aromatic heterocycles. The first-order chi connectivity index (χ1) is 14.5. The van der Waals surface area contributed by atoms with E-state index in [1.807, 2.05) is 12.1 Å². The van der Waals surface area contributed by atoms with Gasteiger partial charge in [0.15, 0.2) is 11.6 Å². The summed E-state index contributed by atoms with van der Waals surface area (Å²) in [4.78, 5) is 28.3. The number of hydrogen-bond acceptors (Lipinski definition) is 6. The van der Waals surface area contributed by atoms with Crippen LogP contribution in [0.1, 0.15) is 30.9 Å². The lowest BCUT2D eigenvalue weighted by Crippen LogP contribution is -2.31. The lowest BCUT2D eigenvalue weighted by Gasteiger charge is -2.32. The number of anilines is 1. The number of halogens is 1. The van der Waals surface area contributed by atoms with Crippen molar-refractivity contribution in [2.24, 2.45) is 0 Å². The average Bonchev–Trinajstić information content (AvgIpc) is 3.16. The number of nitrogens with one attached hydrogen (secondary N) is 1. The van der Waals surface area contributed by atoms with Crippen LogP contribution in [0.15, 0.2) is 59.8 Å². The van der Waals surface area contributed by atoms with Gasteiger partial charge in [-0.3, -0.25) is 14.9 Å². The second kappa shape index (κ2) is 7.07. The Hall–Kier alpha value is -3.52. The Morgan fingerprint density at radius 1 is 1.17 bits per heavy atom. The van der Waals surface area contributed by atoms with Crippen LogP contribution in [-0.4, -0.2) is 25.5 Å². The Morgan fingerprint density at radius 3 is 2.73 bits per heavy atom. The van der Waals surface area contributed by atoms with E-state index in [2.05, 4.69) is 15.4 Å². The molecule has 0 fully saturated rings. The molecule has 3 aromatic rings. The number of Topliss-reactive ketones (excluding diaryl/α,β-unsaturated/α-hetero) is 1. The van der Waals surface area contributed by atoms with Crippen LogP contribution in [0.5, 0.6) is 0 Å². The van der Waals surface area contributed by atoms with E-state index in [4.69, 9.17) is 11.6 Å². The van der Waals surface area contributed by atoms with Crippen LogP contribution in [0.4, 0.5) is 11.6 Å². The van der Waals surface area contributed by atoms with Crippen LogP contribution < -0.4 is 5.32 Å². The number of carbonyl (C=O) groups is 1. The molecular weight excluding hydrogens is 406 g/mol. The van der Waals surface area contributed by atoms with Gasteiger partial charge in [-0.15, -0.1) is 5.10 Å². The molecule has 2 aromatic carbocycles. The fraction of sp³-hybridized carbons (Fsp3) is 0.190. The highest BCUT2D eigenvalue weighted by molar-refractivity contribution is 6.30. The molecule has 0 saturated heterocycles. The standard InChI is InChI=1S/C21H16ClN5O3/c22-14-9-7-12(8-10-14)20-24-21-23-16-5-2-6-17(28)18(16)19(26(21)25-20)13-3-1-4-15(11-13)27(29)30/h1,3-4,7-11,19H,2,5-6H2,(H,23,24,25). The topological polar surface area (TPSA) is 103 Å². The number of nitrogens with zero attached hydrogens (tertiary/aromatic N) is 4. The summed E-state index contributed by atoms with van der Waals surface area (Å²) in [6.45, 7) is 0. The van der Waals surface area contributed by atoms with Crippen molar-refractivity contribution in [3.05, 3.63) is 80.5 Å². The second-order valence-corrected chi connectivity index (χ2v) is 7.70. The van der Waals surface area contributed by atoms with Gasteiger partial charge in [0.25, 0.3) is 5.69 Å². The second-order valence-electron chi connectivity index (χ2n) is 7.26. The van der Waals surface area contributed by atoms with E-state index >= 15 is 0 Å². The van der Waals surface area contributed by atoms with Crippen molar-refractivity contribution in [1.82, 2.24) is 14.8 Å². The first-order valence-electron chi connectivity index (χ1n) is 9.51. The van der Waals surface area contributed by atoms with E-state index in [1.165, 1.54) is 12.1 Å². The maximum absolute atomic E-state index is 12.8. The summed E-state index contributed by atoms with van der Waals surface area (Å²) >= 11 is 5.98. The van der Waals surface area contributed by atoms with Crippen LogP contribution in [0.3, 0.4) is 0 Å². The largest absolute Gasteiger partial charge is 0.328 e. The van der Waals surface area contributed by atoms with Gasteiger partial charge >= 0.3 is 0 Å². The van der Waals surface area contributed by atoms with Gasteiger partial charge in [0, 0.05) is 40.4 Å². The van der Waals surface area contributed by atoms with E-state index in [-0.39, 0.29) is 11.5 Å². The van der Waals surface area contributed by atoms with Crippen molar-refractivity contribution in [1.29, 1.82) is 0 Å². The molecule has 0 spiro atoms. The Balaban J connectivity index is 1.68. The molecule has 0 saturated carbocycles. The molecule has 1 aliphatic heterocycles. The van der Waals surface area contributed by atoms with Crippen LogP contribution in [0, 0.1) is 10.1 Å². The zero-order chi connectivity index (χ0) is 20.8. The fourth-order valence-corrected chi connectivity index (χ4v) is 4.12. The maximum Gasteiger partial charge on any atom is 0.269 e. The molecule has 150 valence electrons. The number of aromatic nitrogens is 3. The van der Waals surface area contributed by atoms with E-state index < -0.39 is 11.0 Å². The number of nitro benzene ring substituents is 1. The zero-order valence-electron chi connectivity index (χ0n) is 15.7. The van der Waals surface area contributed by atoms with E-state index in [9.17, 15) is 14.9 Å². The lowest BCUT2D eigenvalue weighted by molar-refractivity contribution is -0.384.